The first-order valence-corrected chi connectivity index (χ1v) is 6.76. The molecule has 2 rings (SSSR count). The Morgan fingerprint density at radius 3 is 2.79 bits per heavy atom. The van der Waals surface area contributed by atoms with Gasteiger partial charge in [-0.15, -0.1) is 0 Å². The summed E-state index contributed by atoms with van der Waals surface area (Å²) in [6, 6.07) is 7.79. The summed E-state index contributed by atoms with van der Waals surface area (Å²) in [6.45, 7) is 4.63. The van der Waals surface area contributed by atoms with E-state index in [-0.39, 0.29) is 6.10 Å². The second-order valence-electron chi connectivity index (χ2n) is 4.53. The molecular formula is C15H18ClNO2. The number of aromatic nitrogens is 1. The average molecular weight is 280 g/mol. The van der Waals surface area contributed by atoms with Gasteiger partial charge in [-0.2, -0.15) is 0 Å². The second kappa shape index (κ2) is 6.22. The van der Waals surface area contributed by atoms with Crippen molar-refractivity contribution in [3.8, 4) is 5.75 Å². The largest absolute Gasteiger partial charge is 0.497 e. The lowest BCUT2D eigenvalue weighted by atomic mass is 10.1. The lowest BCUT2D eigenvalue weighted by molar-refractivity contribution is 0.0508. The number of hydrogen-bond donors (Lipinski definition) is 0. The Balaban J connectivity index is 2.28. The van der Waals surface area contributed by atoms with E-state index in [0.717, 1.165) is 28.6 Å². The predicted octanol–water partition coefficient (Wildman–Crippen LogP) is 4.21. The standard InChI is InChI=1S/C15H18ClNO2/c1-4-10(2)19-9-12-7-11-5-6-13(18-3)8-14(11)17-15(12)16/h5-8,10H,4,9H2,1-3H3. The summed E-state index contributed by atoms with van der Waals surface area (Å²) in [6.07, 6.45) is 1.21. The molecule has 0 fully saturated rings. The number of hydrogen-bond acceptors (Lipinski definition) is 3. The van der Waals surface area contributed by atoms with E-state index >= 15 is 0 Å². The fourth-order valence-electron chi connectivity index (χ4n) is 1.75. The zero-order valence-corrected chi connectivity index (χ0v) is 12.2. The van der Waals surface area contributed by atoms with Crippen molar-refractivity contribution in [2.24, 2.45) is 0 Å². The fraction of sp³-hybridized carbons (Fsp3) is 0.400. The third-order valence-corrected chi connectivity index (χ3v) is 3.48. The molecular weight excluding hydrogens is 262 g/mol. The molecule has 102 valence electrons. The highest BCUT2D eigenvalue weighted by atomic mass is 35.5. The molecule has 1 heterocycles. The van der Waals surface area contributed by atoms with Gasteiger partial charge in [0, 0.05) is 17.0 Å². The molecule has 0 amide bonds. The summed E-state index contributed by atoms with van der Waals surface area (Å²) in [5.74, 6) is 0.777. The summed E-state index contributed by atoms with van der Waals surface area (Å²) in [5.41, 5.74) is 1.75. The first-order chi connectivity index (χ1) is 9.13. The maximum absolute atomic E-state index is 6.19. The SMILES string of the molecule is CCC(C)OCc1cc2ccc(OC)cc2nc1Cl. The number of nitrogens with zero attached hydrogens (tertiary/aromatic N) is 1. The number of methoxy groups -OCH3 is 1. The number of rotatable bonds is 5. The highest BCUT2D eigenvalue weighted by Crippen LogP contribution is 2.25. The molecule has 0 aliphatic carbocycles. The van der Waals surface area contributed by atoms with Crippen LogP contribution in [0, 0.1) is 0 Å². The normalized spacial score (nSPS) is 12.6. The van der Waals surface area contributed by atoms with E-state index in [9.17, 15) is 0 Å². The van der Waals surface area contributed by atoms with Crippen molar-refractivity contribution in [1.82, 2.24) is 4.98 Å². The predicted molar refractivity (Wildman–Crippen MR) is 77.8 cm³/mol. The second-order valence-corrected chi connectivity index (χ2v) is 4.88. The Bertz CT molecular complexity index is 571. The molecule has 1 aromatic carbocycles. The molecule has 4 heteroatoms. The Morgan fingerprint density at radius 2 is 2.11 bits per heavy atom. The van der Waals surface area contributed by atoms with Crippen molar-refractivity contribution >= 4 is 22.5 Å². The van der Waals surface area contributed by atoms with Crippen molar-refractivity contribution in [2.45, 2.75) is 33.0 Å². The van der Waals surface area contributed by atoms with Crippen molar-refractivity contribution in [2.75, 3.05) is 7.11 Å². The molecule has 0 bridgehead atoms. The van der Waals surface area contributed by atoms with Crippen LogP contribution in [0.3, 0.4) is 0 Å². The van der Waals surface area contributed by atoms with Crippen LogP contribution < -0.4 is 4.74 Å². The van der Waals surface area contributed by atoms with Gasteiger partial charge in [0.2, 0.25) is 0 Å². The number of halogens is 1. The zero-order valence-electron chi connectivity index (χ0n) is 11.4. The maximum atomic E-state index is 6.19. The van der Waals surface area contributed by atoms with Gasteiger partial charge in [-0.05, 0) is 31.5 Å². The lowest BCUT2D eigenvalue weighted by Crippen LogP contribution is -2.06. The van der Waals surface area contributed by atoms with Crippen LogP contribution in [0.2, 0.25) is 5.15 Å². The maximum Gasteiger partial charge on any atom is 0.135 e. The molecule has 3 nitrogen and oxygen atoms in total. The quantitative estimate of drug-likeness (QED) is 0.768. The molecule has 1 atom stereocenters. The Morgan fingerprint density at radius 1 is 1.32 bits per heavy atom. The number of benzene rings is 1. The molecule has 19 heavy (non-hydrogen) atoms. The molecule has 0 saturated heterocycles. The summed E-state index contributed by atoms with van der Waals surface area (Å²) >= 11 is 6.19. The summed E-state index contributed by atoms with van der Waals surface area (Å²) < 4.78 is 10.9. The van der Waals surface area contributed by atoms with E-state index in [1.54, 1.807) is 7.11 Å². The van der Waals surface area contributed by atoms with Crippen LogP contribution in [0.15, 0.2) is 24.3 Å². The molecule has 0 spiro atoms. The van der Waals surface area contributed by atoms with Crippen molar-refractivity contribution < 1.29 is 9.47 Å². The topological polar surface area (TPSA) is 31.4 Å². The van der Waals surface area contributed by atoms with Gasteiger partial charge in [-0.3, -0.25) is 0 Å². The Hall–Kier alpha value is -1.32. The van der Waals surface area contributed by atoms with Crippen LogP contribution in [-0.2, 0) is 11.3 Å². The monoisotopic (exact) mass is 279 g/mol. The molecule has 0 N–H and O–H groups in total. The molecule has 1 unspecified atom stereocenters. The van der Waals surface area contributed by atoms with Gasteiger partial charge < -0.3 is 9.47 Å². The van der Waals surface area contributed by atoms with Gasteiger partial charge in [0.25, 0.3) is 0 Å². The van der Waals surface area contributed by atoms with E-state index in [0.29, 0.717) is 11.8 Å². The minimum absolute atomic E-state index is 0.225. The first-order valence-electron chi connectivity index (χ1n) is 6.38. The molecule has 0 saturated carbocycles. The van der Waals surface area contributed by atoms with Crippen LogP contribution in [0.4, 0.5) is 0 Å². The van der Waals surface area contributed by atoms with Gasteiger partial charge in [0.1, 0.15) is 10.9 Å². The highest BCUT2D eigenvalue weighted by Gasteiger charge is 2.08. The van der Waals surface area contributed by atoms with Gasteiger partial charge >= 0.3 is 0 Å². The summed E-state index contributed by atoms with van der Waals surface area (Å²) in [7, 11) is 1.64. The van der Waals surface area contributed by atoms with Gasteiger partial charge in [0.15, 0.2) is 0 Å². The zero-order chi connectivity index (χ0) is 13.8. The third-order valence-electron chi connectivity index (χ3n) is 3.15. The Labute approximate surface area is 118 Å². The van der Waals surface area contributed by atoms with E-state index < -0.39 is 0 Å². The molecule has 0 aliphatic rings. The number of fused-ring (bicyclic) bond motifs is 1. The van der Waals surface area contributed by atoms with Crippen LogP contribution in [-0.4, -0.2) is 18.2 Å². The molecule has 0 radical (unpaired) electrons. The van der Waals surface area contributed by atoms with E-state index in [2.05, 4.69) is 11.9 Å². The van der Waals surface area contributed by atoms with Crippen LogP contribution in [0.25, 0.3) is 10.9 Å². The van der Waals surface area contributed by atoms with Crippen molar-refractivity contribution in [3.05, 3.63) is 35.0 Å². The Kier molecular flexibility index (Phi) is 4.61. The van der Waals surface area contributed by atoms with E-state index in [1.165, 1.54) is 0 Å². The van der Waals surface area contributed by atoms with E-state index in [4.69, 9.17) is 21.1 Å². The number of pyridine rings is 1. The smallest absolute Gasteiger partial charge is 0.135 e. The van der Waals surface area contributed by atoms with Crippen LogP contribution >= 0.6 is 11.6 Å². The van der Waals surface area contributed by atoms with Crippen molar-refractivity contribution in [3.63, 3.8) is 0 Å². The molecule has 1 aromatic heterocycles. The van der Waals surface area contributed by atoms with Crippen LogP contribution in [0.5, 0.6) is 5.75 Å². The average Bonchev–Trinajstić information content (AvgIpc) is 2.44. The van der Waals surface area contributed by atoms with Crippen LogP contribution in [0.1, 0.15) is 25.8 Å². The number of ether oxygens (including phenoxy) is 2. The first kappa shape index (κ1) is 14.1. The summed E-state index contributed by atoms with van der Waals surface area (Å²) in [5, 5.41) is 1.53. The summed E-state index contributed by atoms with van der Waals surface area (Å²) in [4.78, 5) is 4.39. The van der Waals surface area contributed by atoms with E-state index in [1.807, 2.05) is 31.2 Å². The molecule has 0 aliphatic heterocycles. The molecule has 2 aromatic rings. The van der Waals surface area contributed by atoms with Gasteiger partial charge in [-0.1, -0.05) is 18.5 Å². The highest BCUT2D eigenvalue weighted by molar-refractivity contribution is 6.30. The van der Waals surface area contributed by atoms with Gasteiger partial charge in [-0.25, -0.2) is 4.98 Å². The third kappa shape index (κ3) is 3.37. The minimum atomic E-state index is 0.225. The van der Waals surface area contributed by atoms with Gasteiger partial charge in [0.05, 0.1) is 25.3 Å². The van der Waals surface area contributed by atoms with Crippen molar-refractivity contribution in [1.29, 1.82) is 0 Å². The fourth-order valence-corrected chi connectivity index (χ4v) is 1.95. The lowest BCUT2D eigenvalue weighted by Gasteiger charge is -2.12. The minimum Gasteiger partial charge on any atom is -0.497 e.